The standard InChI is InChI=1S/C22H21N3O3S2/c26-21(24-22-23-20-18-7-3-2-6-16(18)14-19(20)29-22)15-8-10-17(11-9-15)30(27,28)25-12-4-1-5-13-25/h2-3,6-11H,1,4-5,12-14H2,(H,23,24,26). The normalized spacial score (nSPS) is 16.1. The zero-order valence-electron chi connectivity index (χ0n) is 16.3. The Labute approximate surface area is 179 Å². The molecule has 5 rings (SSSR count). The second kappa shape index (κ2) is 7.61. The summed E-state index contributed by atoms with van der Waals surface area (Å²) in [4.78, 5) is 18.6. The van der Waals surface area contributed by atoms with E-state index >= 15 is 0 Å². The van der Waals surface area contributed by atoms with Gasteiger partial charge in [-0.2, -0.15) is 4.31 Å². The van der Waals surface area contributed by atoms with Crippen LogP contribution in [-0.4, -0.2) is 36.7 Å². The number of anilines is 1. The van der Waals surface area contributed by atoms with Crippen molar-refractivity contribution in [2.24, 2.45) is 0 Å². The second-order valence-electron chi connectivity index (χ2n) is 7.57. The van der Waals surface area contributed by atoms with Gasteiger partial charge >= 0.3 is 0 Å². The molecule has 154 valence electrons. The van der Waals surface area contributed by atoms with E-state index < -0.39 is 10.0 Å². The quantitative estimate of drug-likeness (QED) is 0.518. The molecule has 1 amide bonds. The van der Waals surface area contributed by atoms with Crippen LogP contribution in [0.2, 0.25) is 0 Å². The fraction of sp³-hybridized carbons (Fsp3) is 0.273. The van der Waals surface area contributed by atoms with Gasteiger partial charge in [0.1, 0.15) is 0 Å². The van der Waals surface area contributed by atoms with Crippen molar-refractivity contribution >= 4 is 32.4 Å². The van der Waals surface area contributed by atoms with Gasteiger partial charge in [-0.25, -0.2) is 13.4 Å². The molecule has 3 aromatic rings. The highest BCUT2D eigenvalue weighted by atomic mass is 32.2. The molecular formula is C22H21N3O3S2. The van der Waals surface area contributed by atoms with Gasteiger partial charge in [0.15, 0.2) is 5.13 Å². The van der Waals surface area contributed by atoms with Gasteiger partial charge in [0.05, 0.1) is 10.6 Å². The number of hydrogen-bond acceptors (Lipinski definition) is 5. The Morgan fingerprint density at radius 1 is 1.00 bits per heavy atom. The number of carbonyl (C=O) groups is 1. The van der Waals surface area contributed by atoms with Crippen LogP contribution >= 0.6 is 11.3 Å². The van der Waals surface area contributed by atoms with Crippen molar-refractivity contribution in [3.05, 3.63) is 64.5 Å². The topological polar surface area (TPSA) is 79.4 Å². The number of hydrogen-bond donors (Lipinski definition) is 1. The van der Waals surface area contributed by atoms with Gasteiger partial charge in [-0.15, -0.1) is 11.3 Å². The first-order valence-electron chi connectivity index (χ1n) is 10.0. The number of piperidine rings is 1. The number of carbonyl (C=O) groups excluding carboxylic acids is 1. The summed E-state index contributed by atoms with van der Waals surface area (Å²) in [5, 5.41) is 3.41. The van der Waals surface area contributed by atoms with Gasteiger partial charge in [0.25, 0.3) is 5.91 Å². The number of nitrogens with one attached hydrogen (secondary N) is 1. The van der Waals surface area contributed by atoms with E-state index in [9.17, 15) is 13.2 Å². The van der Waals surface area contributed by atoms with Crippen molar-refractivity contribution in [1.82, 2.24) is 9.29 Å². The Morgan fingerprint density at radius 2 is 1.73 bits per heavy atom. The molecule has 30 heavy (non-hydrogen) atoms. The van der Waals surface area contributed by atoms with Crippen LogP contribution in [0, 0.1) is 0 Å². The minimum atomic E-state index is -3.50. The van der Waals surface area contributed by atoms with Crippen LogP contribution in [0.3, 0.4) is 0 Å². The molecule has 1 aliphatic heterocycles. The van der Waals surface area contributed by atoms with E-state index in [1.165, 1.54) is 33.3 Å². The molecule has 0 atom stereocenters. The van der Waals surface area contributed by atoms with Crippen molar-refractivity contribution in [1.29, 1.82) is 0 Å². The van der Waals surface area contributed by atoms with Crippen molar-refractivity contribution in [3.8, 4) is 11.3 Å². The SMILES string of the molecule is O=C(Nc1nc2c(s1)Cc1ccccc1-2)c1ccc(S(=O)(=O)N2CCCCC2)cc1. The molecule has 0 unspecified atom stereocenters. The van der Waals surface area contributed by atoms with E-state index in [2.05, 4.69) is 16.4 Å². The van der Waals surface area contributed by atoms with E-state index in [-0.39, 0.29) is 10.8 Å². The van der Waals surface area contributed by atoms with Gasteiger partial charge in [0, 0.05) is 35.5 Å². The third-order valence-corrected chi connectivity index (χ3v) is 8.49. The molecule has 1 fully saturated rings. The third kappa shape index (κ3) is 3.45. The summed E-state index contributed by atoms with van der Waals surface area (Å²) in [6.07, 6.45) is 3.68. The van der Waals surface area contributed by atoms with Crippen molar-refractivity contribution in [2.75, 3.05) is 18.4 Å². The molecule has 0 spiro atoms. The Morgan fingerprint density at radius 3 is 2.50 bits per heavy atom. The maximum atomic E-state index is 12.8. The monoisotopic (exact) mass is 439 g/mol. The predicted octanol–water partition coefficient (Wildman–Crippen LogP) is 4.14. The summed E-state index contributed by atoms with van der Waals surface area (Å²) in [5.41, 5.74) is 3.73. The highest BCUT2D eigenvalue weighted by Crippen LogP contribution is 2.40. The van der Waals surface area contributed by atoms with Crippen LogP contribution in [0.5, 0.6) is 0 Å². The number of aromatic nitrogens is 1. The van der Waals surface area contributed by atoms with Gasteiger partial charge in [-0.05, 0) is 42.7 Å². The van der Waals surface area contributed by atoms with E-state index in [4.69, 9.17) is 0 Å². The first-order valence-corrected chi connectivity index (χ1v) is 12.3. The van der Waals surface area contributed by atoms with Crippen LogP contribution in [0.4, 0.5) is 5.13 Å². The molecule has 0 radical (unpaired) electrons. The molecule has 1 aliphatic carbocycles. The summed E-state index contributed by atoms with van der Waals surface area (Å²) in [6.45, 7) is 1.12. The van der Waals surface area contributed by atoms with Crippen LogP contribution in [-0.2, 0) is 16.4 Å². The zero-order valence-corrected chi connectivity index (χ0v) is 17.9. The predicted molar refractivity (Wildman–Crippen MR) is 117 cm³/mol. The fourth-order valence-electron chi connectivity index (χ4n) is 4.02. The molecule has 2 aliphatic rings. The molecule has 1 N–H and O–H groups in total. The first-order chi connectivity index (χ1) is 14.5. The number of sulfonamides is 1. The zero-order chi connectivity index (χ0) is 20.7. The Balaban J connectivity index is 1.31. The van der Waals surface area contributed by atoms with Crippen LogP contribution < -0.4 is 5.32 Å². The summed E-state index contributed by atoms with van der Waals surface area (Å²) < 4.78 is 27.0. The Bertz CT molecular complexity index is 1210. The minimum absolute atomic E-state index is 0.228. The Kier molecular flexibility index (Phi) is 4.92. The number of benzene rings is 2. The molecule has 6 nitrogen and oxygen atoms in total. The summed E-state index contributed by atoms with van der Waals surface area (Å²) >= 11 is 1.48. The lowest BCUT2D eigenvalue weighted by Crippen LogP contribution is -2.35. The summed E-state index contributed by atoms with van der Waals surface area (Å²) in [7, 11) is -3.50. The largest absolute Gasteiger partial charge is 0.298 e. The van der Waals surface area contributed by atoms with Crippen LogP contribution in [0.15, 0.2) is 53.4 Å². The van der Waals surface area contributed by atoms with Gasteiger partial charge in [0.2, 0.25) is 10.0 Å². The van der Waals surface area contributed by atoms with E-state index in [1.807, 2.05) is 18.2 Å². The minimum Gasteiger partial charge on any atom is -0.298 e. The maximum Gasteiger partial charge on any atom is 0.257 e. The molecule has 8 heteroatoms. The number of nitrogens with zero attached hydrogens (tertiary/aromatic N) is 2. The maximum absolute atomic E-state index is 12.8. The highest BCUT2D eigenvalue weighted by molar-refractivity contribution is 7.89. The smallest absolute Gasteiger partial charge is 0.257 e. The van der Waals surface area contributed by atoms with E-state index in [0.29, 0.717) is 23.8 Å². The van der Waals surface area contributed by atoms with Gasteiger partial charge < -0.3 is 0 Å². The lowest BCUT2D eigenvalue weighted by Gasteiger charge is -2.25. The van der Waals surface area contributed by atoms with Crippen LogP contribution in [0.25, 0.3) is 11.3 Å². The average molecular weight is 440 g/mol. The highest BCUT2D eigenvalue weighted by Gasteiger charge is 2.26. The van der Waals surface area contributed by atoms with Crippen LogP contribution in [0.1, 0.15) is 40.1 Å². The number of rotatable bonds is 4. The van der Waals surface area contributed by atoms with Gasteiger partial charge in [-0.3, -0.25) is 10.1 Å². The molecule has 0 bridgehead atoms. The first kappa shape index (κ1) is 19.4. The van der Waals surface area contributed by atoms with Crippen molar-refractivity contribution in [2.45, 2.75) is 30.6 Å². The molecule has 2 aromatic carbocycles. The molecule has 1 aromatic heterocycles. The second-order valence-corrected chi connectivity index (χ2v) is 10.6. The lowest BCUT2D eigenvalue weighted by molar-refractivity contribution is 0.102. The van der Waals surface area contributed by atoms with Gasteiger partial charge in [-0.1, -0.05) is 30.7 Å². The number of fused-ring (bicyclic) bond motifs is 3. The number of amides is 1. The van der Waals surface area contributed by atoms with Crippen molar-refractivity contribution < 1.29 is 13.2 Å². The summed E-state index contributed by atoms with van der Waals surface area (Å²) in [6, 6.07) is 14.3. The van der Waals surface area contributed by atoms with E-state index in [0.717, 1.165) is 41.8 Å². The fourth-order valence-corrected chi connectivity index (χ4v) is 6.53. The molecule has 2 heterocycles. The third-order valence-electron chi connectivity index (χ3n) is 5.61. The molecule has 1 saturated heterocycles. The lowest BCUT2D eigenvalue weighted by atomic mass is 10.1. The number of thiazole rings is 1. The average Bonchev–Trinajstić information content (AvgIpc) is 3.31. The van der Waals surface area contributed by atoms with Crippen molar-refractivity contribution in [3.63, 3.8) is 0 Å². The van der Waals surface area contributed by atoms with E-state index in [1.54, 1.807) is 12.1 Å². The Hall–Kier alpha value is -2.55. The molecule has 0 saturated carbocycles. The molecular weight excluding hydrogens is 418 g/mol. The summed E-state index contributed by atoms with van der Waals surface area (Å²) in [5.74, 6) is -0.294.